The summed E-state index contributed by atoms with van der Waals surface area (Å²) in [5.41, 5.74) is 2.44. The van der Waals surface area contributed by atoms with Crippen molar-refractivity contribution in [2.45, 2.75) is 19.0 Å². The number of rotatable bonds is 1. The summed E-state index contributed by atoms with van der Waals surface area (Å²) in [7, 11) is 0. The largest absolute Gasteiger partial charge is 0.379 e. The SMILES string of the molecule is Brc1ccc2c(c1)-c1nnnn1CC(N1CCOCC1)C2. The zero-order chi connectivity index (χ0) is 14.2. The predicted octanol–water partition coefficient (Wildman–Crippen LogP) is 1.36. The summed E-state index contributed by atoms with van der Waals surface area (Å²) in [6.45, 7) is 4.41. The Morgan fingerprint density at radius 1 is 1.24 bits per heavy atom. The molecule has 1 unspecified atom stereocenters. The molecule has 0 radical (unpaired) electrons. The van der Waals surface area contributed by atoms with Gasteiger partial charge in [-0.2, -0.15) is 0 Å². The van der Waals surface area contributed by atoms with Crippen LogP contribution in [0.5, 0.6) is 0 Å². The normalized spacial score (nSPS) is 22.4. The van der Waals surface area contributed by atoms with Gasteiger partial charge in [0.05, 0.1) is 19.8 Å². The molecule has 4 rings (SSSR count). The molecule has 1 fully saturated rings. The van der Waals surface area contributed by atoms with Crippen molar-refractivity contribution in [3.63, 3.8) is 0 Å². The van der Waals surface area contributed by atoms with E-state index in [0.717, 1.165) is 55.1 Å². The van der Waals surface area contributed by atoms with Gasteiger partial charge in [-0.1, -0.05) is 22.0 Å². The van der Waals surface area contributed by atoms with Crippen LogP contribution >= 0.6 is 15.9 Å². The Labute approximate surface area is 131 Å². The van der Waals surface area contributed by atoms with Crippen LogP contribution in [0.25, 0.3) is 11.4 Å². The number of morpholine rings is 1. The van der Waals surface area contributed by atoms with Crippen LogP contribution in [-0.4, -0.2) is 57.5 Å². The summed E-state index contributed by atoms with van der Waals surface area (Å²) in [6, 6.07) is 6.80. The lowest BCUT2D eigenvalue weighted by Gasteiger charge is -2.33. The Bertz CT molecular complexity index is 653. The van der Waals surface area contributed by atoms with Gasteiger partial charge in [0.2, 0.25) is 0 Å². The summed E-state index contributed by atoms with van der Waals surface area (Å²) in [6.07, 6.45) is 1.01. The van der Waals surface area contributed by atoms with E-state index in [1.54, 1.807) is 0 Å². The molecule has 0 bridgehead atoms. The number of ether oxygens (including phenoxy) is 1. The van der Waals surface area contributed by atoms with E-state index >= 15 is 0 Å². The highest BCUT2D eigenvalue weighted by Gasteiger charge is 2.28. The number of tetrazole rings is 1. The van der Waals surface area contributed by atoms with E-state index in [1.165, 1.54) is 5.56 Å². The third kappa shape index (κ3) is 2.49. The van der Waals surface area contributed by atoms with Crippen LogP contribution in [0.4, 0.5) is 0 Å². The Hall–Kier alpha value is -1.31. The van der Waals surface area contributed by atoms with Crippen molar-refractivity contribution in [1.82, 2.24) is 25.1 Å². The molecule has 1 aromatic heterocycles. The highest BCUT2D eigenvalue weighted by atomic mass is 79.9. The summed E-state index contributed by atoms with van der Waals surface area (Å²) < 4.78 is 8.45. The first kappa shape index (κ1) is 13.4. The fourth-order valence-corrected chi connectivity index (χ4v) is 3.52. The smallest absolute Gasteiger partial charge is 0.182 e. The molecule has 1 aromatic carbocycles. The molecule has 3 heterocycles. The van der Waals surface area contributed by atoms with Gasteiger partial charge >= 0.3 is 0 Å². The second-order valence-corrected chi connectivity index (χ2v) is 6.41. The molecule has 7 heteroatoms. The van der Waals surface area contributed by atoms with Crippen molar-refractivity contribution in [3.8, 4) is 11.4 Å². The topological polar surface area (TPSA) is 56.1 Å². The lowest BCUT2D eigenvalue weighted by Crippen LogP contribution is -2.46. The number of nitrogens with zero attached hydrogens (tertiary/aromatic N) is 5. The van der Waals surface area contributed by atoms with Crippen LogP contribution < -0.4 is 0 Å². The molecule has 21 heavy (non-hydrogen) atoms. The number of fused-ring (bicyclic) bond motifs is 3. The Balaban J connectivity index is 1.75. The van der Waals surface area contributed by atoms with Gasteiger partial charge in [0.15, 0.2) is 5.82 Å². The van der Waals surface area contributed by atoms with Crippen LogP contribution in [0.1, 0.15) is 5.56 Å². The minimum atomic E-state index is 0.415. The highest BCUT2D eigenvalue weighted by molar-refractivity contribution is 9.10. The molecule has 2 aliphatic heterocycles. The van der Waals surface area contributed by atoms with Gasteiger partial charge in [0.25, 0.3) is 0 Å². The zero-order valence-electron chi connectivity index (χ0n) is 11.6. The molecular weight excluding hydrogens is 334 g/mol. The van der Waals surface area contributed by atoms with Crippen LogP contribution in [0.2, 0.25) is 0 Å². The molecule has 6 nitrogen and oxygen atoms in total. The standard InChI is InChI=1S/C14H16BrN5O/c15-11-2-1-10-7-12(19-3-5-21-6-4-19)9-20-14(13(10)8-11)16-17-18-20/h1-2,8,12H,3-7,9H2. The van der Waals surface area contributed by atoms with Gasteiger partial charge in [-0.05, 0) is 34.5 Å². The summed E-state index contributed by atoms with van der Waals surface area (Å²) in [5.74, 6) is 0.863. The molecule has 2 aromatic rings. The molecule has 0 saturated carbocycles. The summed E-state index contributed by atoms with van der Waals surface area (Å²) in [4.78, 5) is 2.49. The number of hydrogen-bond donors (Lipinski definition) is 0. The molecule has 0 N–H and O–H groups in total. The minimum absolute atomic E-state index is 0.415. The Morgan fingerprint density at radius 2 is 2.10 bits per heavy atom. The van der Waals surface area contributed by atoms with Crippen LogP contribution in [-0.2, 0) is 17.7 Å². The average Bonchev–Trinajstić information content (AvgIpc) is 2.91. The third-order valence-corrected chi connectivity index (χ3v) is 4.74. The molecule has 0 aliphatic carbocycles. The first-order chi connectivity index (χ1) is 10.3. The monoisotopic (exact) mass is 349 g/mol. The first-order valence-electron chi connectivity index (χ1n) is 7.18. The van der Waals surface area contributed by atoms with E-state index in [0.29, 0.717) is 6.04 Å². The first-order valence-corrected chi connectivity index (χ1v) is 7.97. The molecule has 1 saturated heterocycles. The van der Waals surface area contributed by atoms with E-state index in [-0.39, 0.29) is 0 Å². The minimum Gasteiger partial charge on any atom is -0.379 e. The maximum atomic E-state index is 5.47. The average molecular weight is 350 g/mol. The zero-order valence-corrected chi connectivity index (χ0v) is 13.2. The van der Waals surface area contributed by atoms with Gasteiger partial charge in [-0.25, -0.2) is 4.68 Å². The molecule has 0 spiro atoms. The highest BCUT2D eigenvalue weighted by Crippen LogP contribution is 2.30. The van der Waals surface area contributed by atoms with Gasteiger partial charge in [-0.15, -0.1) is 5.10 Å². The predicted molar refractivity (Wildman–Crippen MR) is 80.8 cm³/mol. The van der Waals surface area contributed by atoms with E-state index < -0.39 is 0 Å². The maximum absolute atomic E-state index is 5.47. The molecule has 0 amide bonds. The number of aromatic nitrogens is 4. The van der Waals surface area contributed by atoms with Crippen LogP contribution in [0.15, 0.2) is 22.7 Å². The number of benzene rings is 1. The van der Waals surface area contributed by atoms with Gasteiger partial charge in [-0.3, -0.25) is 4.90 Å². The van der Waals surface area contributed by atoms with Crippen LogP contribution in [0.3, 0.4) is 0 Å². The van der Waals surface area contributed by atoms with Crippen molar-refractivity contribution in [1.29, 1.82) is 0 Å². The molecular formula is C14H16BrN5O. The third-order valence-electron chi connectivity index (χ3n) is 4.25. The van der Waals surface area contributed by atoms with Crippen molar-refractivity contribution < 1.29 is 4.74 Å². The van der Waals surface area contributed by atoms with Gasteiger partial charge < -0.3 is 4.74 Å². The van der Waals surface area contributed by atoms with Gasteiger partial charge in [0.1, 0.15) is 0 Å². The number of halogens is 1. The van der Waals surface area contributed by atoms with Crippen molar-refractivity contribution >= 4 is 15.9 Å². The lowest BCUT2D eigenvalue weighted by molar-refractivity contribution is 0.0126. The van der Waals surface area contributed by atoms with Gasteiger partial charge in [0, 0.05) is 29.2 Å². The van der Waals surface area contributed by atoms with E-state index in [4.69, 9.17) is 4.74 Å². The fraction of sp³-hybridized carbons (Fsp3) is 0.500. The number of hydrogen-bond acceptors (Lipinski definition) is 5. The maximum Gasteiger partial charge on any atom is 0.182 e. The summed E-state index contributed by atoms with van der Waals surface area (Å²) >= 11 is 3.54. The lowest BCUT2D eigenvalue weighted by atomic mass is 10.0. The van der Waals surface area contributed by atoms with Crippen molar-refractivity contribution in [2.75, 3.05) is 26.3 Å². The van der Waals surface area contributed by atoms with E-state index in [1.807, 2.05) is 4.68 Å². The second-order valence-electron chi connectivity index (χ2n) is 5.49. The molecule has 2 aliphatic rings. The Kier molecular flexibility index (Phi) is 3.48. The quantitative estimate of drug-likeness (QED) is 0.777. The van der Waals surface area contributed by atoms with Crippen LogP contribution in [0, 0.1) is 0 Å². The van der Waals surface area contributed by atoms with E-state index in [2.05, 4.69) is 54.6 Å². The van der Waals surface area contributed by atoms with Crippen molar-refractivity contribution in [3.05, 3.63) is 28.2 Å². The second kappa shape index (κ2) is 5.47. The Morgan fingerprint density at radius 3 is 2.95 bits per heavy atom. The fourth-order valence-electron chi connectivity index (χ4n) is 3.16. The molecule has 110 valence electrons. The summed E-state index contributed by atoms with van der Waals surface area (Å²) in [5, 5.41) is 12.2. The van der Waals surface area contributed by atoms with E-state index in [9.17, 15) is 0 Å². The van der Waals surface area contributed by atoms with Crippen molar-refractivity contribution in [2.24, 2.45) is 0 Å². The molecule has 1 atom stereocenters.